The first-order chi connectivity index (χ1) is 10.6. The van der Waals surface area contributed by atoms with E-state index in [0.29, 0.717) is 18.7 Å². The highest BCUT2D eigenvalue weighted by molar-refractivity contribution is 5.89. The van der Waals surface area contributed by atoms with Gasteiger partial charge >= 0.3 is 0 Å². The first-order valence-electron chi connectivity index (χ1n) is 7.49. The van der Waals surface area contributed by atoms with Crippen molar-refractivity contribution in [2.75, 3.05) is 13.7 Å². The Balaban J connectivity index is 1.89. The minimum Gasteiger partial charge on any atom is -0.497 e. The van der Waals surface area contributed by atoms with Crippen LogP contribution < -0.4 is 20.1 Å². The molecule has 0 aliphatic carbocycles. The summed E-state index contributed by atoms with van der Waals surface area (Å²) in [7, 11) is 1.59. The van der Waals surface area contributed by atoms with E-state index in [1.165, 1.54) is 0 Å². The van der Waals surface area contributed by atoms with Crippen molar-refractivity contribution in [2.24, 2.45) is 0 Å². The fourth-order valence-corrected chi connectivity index (χ4v) is 2.28. The number of ether oxygens (including phenoxy) is 2. The van der Waals surface area contributed by atoms with Crippen LogP contribution in [-0.4, -0.2) is 37.6 Å². The quantitative estimate of drug-likeness (QED) is 0.858. The van der Waals surface area contributed by atoms with Gasteiger partial charge in [0.15, 0.2) is 6.10 Å². The Bertz CT molecular complexity index is 515. The lowest BCUT2D eigenvalue weighted by molar-refractivity contribution is -0.132. The van der Waals surface area contributed by atoms with Crippen molar-refractivity contribution in [3.05, 3.63) is 24.3 Å². The zero-order chi connectivity index (χ0) is 15.9. The predicted octanol–water partition coefficient (Wildman–Crippen LogP) is 1.25. The third kappa shape index (κ3) is 4.38. The number of methoxy groups -OCH3 is 1. The number of nitrogens with one attached hydrogen (secondary N) is 2. The first kappa shape index (κ1) is 16.1. The van der Waals surface area contributed by atoms with Crippen LogP contribution in [0, 0.1) is 0 Å². The van der Waals surface area contributed by atoms with Crippen LogP contribution in [0.15, 0.2) is 24.3 Å². The number of carbonyl (C=O) groups excluding carboxylic acids is 2. The average Bonchev–Trinajstić information content (AvgIpc) is 2.73. The maximum absolute atomic E-state index is 12.2. The summed E-state index contributed by atoms with van der Waals surface area (Å²) >= 11 is 0. The topological polar surface area (TPSA) is 76.7 Å². The number of carbonyl (C=O) groups is 2. The van der Waals surface area contributed by atoms with Gasteiger partial charge in [0.05, 0.1) is 7.11 Å². The van der Waals surface area contributed by atoms with E-state index in [4.69, 9.17) is 9.47 Å². The summed E-state index contributed by atoms with van der Waals surface area (Å²) in [6, 6.07) is 6.52. The van der Waals surface area contributed by atoms with E-state index >= 15 is 0 Å². The molecule has 1 aromatic rings. The van der Waals surface area contributed by atoms with Crippen LogP contribution in [0.5, 0.6) is 11.5 Å². The lowest BCUT2D eigenvalue weighted by Gasteiger charge is -2.19. The highest BCUT2D eigenvalue weighted by Crippen LogP contribution is 2.18. The van der Waals surface area contributed by atoms with Gasteiger partial charge in [-0.15, -0.1) is 0 Å². The number of benzene rings is 1. The molecule has 22 heavy (non-hydrogen) atoms. The van der Waals surface area contributed by atoms with E-state index in [0.717, 1.165) is 18.6 Å². The van der Waals surface area contributed by atoms with Crippen molar-refractivity contribution in [1.82, 2.24) is 10.6 Å². The Labute approximate surface area is 130 Å². The van der Waals surface area contributed by atoms with Crippen molar-refractivity contribution in [2.45, 2.75) is 38.3 Å². The van der Waals surface area contributed by atoms with Crippen LogP contribution in [0.3, 0.4) is 0 Å². The summed E-state index contributed by atoms with van der Waals surface area (Å²) in [5, 5.41) is 5.54. The second-order valence-electron chi connectivity index (χ2n) is 5.28. The Kier molecular flexibility index (Phi) is 5.63. The Morgan fingerprint density at radius 2 is 1.95 bits per heavy atom. The normalized spacial score (nSPS) is 19.5. The highest BCUT2D eigenvalue weighted by atomic mass is 16.5. The van der Waals surface area contributed by atoms with E-state index in [1.807, 2.05) is 0 Å². The van der Waals surface area contributed by atoms with Gasteiger partial charge in [-0.05, 0) is 50.5 Å². The first-order valence-corrected chi connectivity index (χ1v) is 7.49. The molecule has 0 aromatic heterocycles. The minimum atomic E-state index is -0.676. The molecule has 1 fully saturated rings. The summed E-state index contributed by atoms with van der Waals surface area (Å²) in [5.74, 6) is 0.883. The molecule has 1 heterocycles. The monoisotopic (exact) mass is 306 g/mol. The molecule has 1 aliphatic heterocycles. The molecular weight excluding hydrogens is 284 g/mol. The third-order valence-electron chi connectivity index (χ3n) is 3.59. The van der Waals surface area contributed by atoms with Crippen molar-refractivity contribution in [3.63, 3.8) is 0 Å². The molecule has 2 rings (SSSR count). The van der Waals surface area contributed by atoms with E-state index in [-0.39, 0.29) is 11.8 Å². The Hall–Kier alpha value is -2.24. The molecule has 6 heteroatoms. The fraction of sp³-hybridized carbons (Fsp3) is 0.500. The van der Waals surface area contributed by atoms with E-state index in [9.17, 15) is 9.59 Å². The molecule has 2 N–H and O–H groups in total. The molecule has 1 aliphatic rings. The molecule has 0 spiro atoms. The third-order valence-corrected chi connectivity index (χ3v) is 3.59. The van der Waals surface area contributed by atoms with Crippen LogP contribution in [0.4, 0.5) is 0 Å². The molecular formula is C16H22N2O4. The molecule has 0 bridgehead atoms. The van der Waals surface area contributed by atoms with Crippen LogP contribution in [0.25, 0.3) is 0 Å². The summed E-state index contributed by atoms with van der Waals surface area (Å²) in [4.78, 5) is 24.0. The van der Waals surface area contributed by atoms with Gasteiger partial charge in [0.1, 0.15) is 17.5 Å². The molecule has 0 radical (unpaired) electrons. The number of rotatable bonds is 5. The van der Waals surface area contributed by atoms with Crippen LogP contribution in [0.1, 0.15) is 26.2 Å². The molecule has 2 atom stereocenters. The van der Waals surface area contributed by atoms with Crippen molar-refractivity contribution < 1.29 is 19.1 Å². The molecule has 0 saturated carbocycles. The summed E-state index contributed by atoms with van der Waals surface area (Å²) in [6.45, 7) is 2.33. The van der Waals surface area contributed by atoms with Gasteiger partial charge < -0.3 is 20.1 Å². The molecule has 1 saturated heterocycles. The summed E-state index contributed by atoms with van der Waals surface area (Å²) in [5.41, 5.74) is 0. The SMILES string of the molecule is COc1ccc(O[C@H](C)C(=O)N[C@@H]2CCCCNC2=O)cc1. The minimum absolute atomic E-state index is 0.123. The van der Waals surface area contributed by atoms with E-state index < -0.39 is 12.1 Å². The van der Waals surface area contributed by atoms with Gasteiger partial charge in [0, 0.05) is 6.54 Å². The van der Waals surface area contributed by atoms with Crippen molar-refractivity contribution >= 4 is 11.8 Å². The van der Waals surface area contributed by atoms with Gasteiger partial charge in [0.25, 0.3) is 5.91 Å². The van der Waals surface area contributed by atoms with Crippen LogP contribution in [0.2, 0.25) is 0 Å². The molecule has 0 unspecified atom stereocenters. The maximum Gasteiger partial charge on any atom is 0.261 e. The van der Waals surface area contributed by atoms with Gasteiger partial charge in [-0.2, -0.15) is 0 Å². The zero-order valence-electron chi connectivity index (χ0n) is 12.9. The summed E-state index contributed by atoms with van der Waals surface area (Å²) in [6.07, 6.45) is 1.84. The highest BCUT2D eigenvalue weighted by Gasteiger charge is 2.25. The average molecular weight is 306 g/mol. The van der Waals surface area contributed by atoms with Gasteiger partial charge in [-0.25, -0.2) is 0 Å². The smallest absolute Gasteiger partial charge is 0.261 e. The fourth-order valence-electron chi connectivity index (χ4n) is 2.28. The zero-order valence-corrected chi connectivity index (χ0v) is 12.9. The standard InChI is InChI=1S/C16H22N2O4/c1-11(22-13-8-6-12(21-2)7-9-13)15(19)18-14-5-3-4-10-17-16(14)20/h6-9,11,14H,3-5,10H2,1-2H3,(H,17,20)(H,18,19)/t11-,14-/m1/s1. The Morgan fingerprint density at radius 3 is 2.64 bits per heavy atom. The van der Waals surface area contributed by atoms with Gasteiger partial charge in [0.2, 0.25) is 5.91 Å². The van der Waals surface area contributed by atoms with Gasteiger partial charge in [-0.1, -0.05) is 0 Å². The maximum atomic E-state index is 12.2. The van der Waals surface area contributed by atoms with Crippen molar-refractivity contribution in [3.8, 4) is 11.5 Å². The second-order valence-corrected chi connectivity index (χ2v) is 5.28. The Morgan fingerprint density at radius 1 is 1.27 bits per heavy atom. The van der Waals surface area contributed by atoms with Gasteiger partial charge in [-0.3, -0.25) is 9.59 Å². The molecule has 2 amide bonds. The predicted molar refractivity (Wildman–Crippen MR) is 81.9 cm³/mol. The van der Waals surface area contributed by atoms with Crippen LogP contribution >= 0.6 is 0 Å². The number of hydrogen-bond acceptors (Lipinski definition) is 4. The van der Waals surface area contributed by atoms with E-state index in [2.05, 4.69) is 10.6 Å². The molecule has 120 valence electrons. The number of amides is 2. The number of hydrogen-bond donors (Lipinski definition) is 2. The van der Waals surface area contributed by atoms with Crippen molar-refractivity contribution in [1.29, 1.82) is 0 Å². The largest absolute Gasteiger partial charge is 0.497 e. The lowest BCUT2D eigenvalue weighted by atomic mass is 10.1. The van der Waals surface area contributed by atoms with E-state index in [1.54, 1.807) is 38.3 Å². The second kappa shape index (κ2) is 7.68. The van der Waals surface area contributed by atoms with Crippen LogP contribution in [-0.2, 0) is 9.59 Å². The summed E-state index contributed by atoms with van der Waals surface area (Å²) < 4.78 is 10.7. The molecule has 6 nitrogen and oxygen atoms in total. The molecule has 1 aromatic carbocycles. The lowest BCUT2D eigenvalue weighted by Crippen LogP contribution is -2.49.